The van der Waals surface area contributed by atoms with Crippen LogP contribution in [0, 0.1) is 6.92 Å². The monoisotopic (exact) mass is 256 g/mol. The van der Waals surface area contributed by atoms with Gasteiger partial charge in [-0.25, -0.2) is 0 Å². The van der Waals surface area contributed by atoms with Crippen LogP contribution in [0.4, 0.5) is 5.69 Å². The fourth-order valence-corrected chi connectivity index (χ4v) is 2.47. The molecule has 2 aromatic rings. The Kier molecular flexibility index (Phi) is 3.67. The molecule has 0 saturated carbocycles. The molecule has 2 aromatic carbocycles. The van der Waals surface area contributed by atoms with Crippen LogP contribution in [-0.4, -0.2) is 32.3 Å². The first kappa shape index (κ1) is 12.5. The Hall–Kier alpha value is -1.58. The molecule has 1 atom stereocenters. The molecule has 0 aliphatic carbocycles. The van der Waals surface area contributed by atoms with E-state index in [-0.39, 0.29) is 0 Å². The number of hydrogen-bond donors (Lipinski definition) is 2. The van der Waals surface area contributed by atoms with Crippen molar-refractivity contribution in [3.05, 3.63) is 42.0 Å². The zero-order valence-electron chi connectivity index (χ0n) is 11.3. The Balaban J connectivity index is 1.69. The standard InChI is InChI=1S/C16H20N2O/c1-12-2-3-14-9-15(5-4-13(14)8-12)18-10-16-11-19-7-6-17-16/h2-5,8-9,16-18H,6-7,10-11H2,1H3. The van der Waals surface area contributed by atoms with Gasteiger partial charge in [-0.15, -0.1) is 0 Å². The highest BCUT2D eigenvalue weighted by Crippen LogP contribution is 2.20. The molecule has 0 spiro atoms. The van der Waals surface area contributed by atoms with E-state index in [0.717, 1.165) is 26.3 Å². The van der Waals surface area contributed by atoms with E-state index < -0.39 is 0 Å². The summed E-state index contributed by atoms with van der Waals surface area (Å²) in [6, 6.07) is 13.5. The number of morpholine rings is 1. The first-order valence-corrected chi connectivity index (χ1v) is 6.87. The van der Waals surface area contributed by atoms with Gasteiger partial charge in [-0.3, -0.25) is 0 Å². The third-order valence-electron chi connectivity index (χ3n) is 3.55. The molecule has 1 heterocycles. The summed E-state index contributed by atoms with van der Waals surface area (Å²) in [6.07, 6.45) is 0. The van der Waals surface area contributed by atoms with E-state index >= 15 is 0 Å². The molecule has 3 rings (SSSR count). The Morgan fingerprint density at radius 3 is 2.89 bits per heavy atom. The molecule has 1 saturated heterocycles. The molecule has 0 amide bonds. The van der Waals surface area contributed by atoms with Crippen molar-refractivity contribution < 1.29 is 4.74 Å². The van der Waals surface area contributed by atoms with Gasteiger partial charge < -0.3 is 15.4 Å². The average molecular weight is 256 g/mol. The molecule has 19 heavy (non-hydrogen) atoms. The summed E-state index contributed by atoms with van der Waals surface area (Å²) in [5, 5.41) is 9.50. The van der Waals surface area contributed by atoms with Gasteiger partial charge in [-0.1, -0.05) is 29.8 Å². The maximum Gasteiger partial charge on any atom is 0.0637 e. The van der Waals surface area contributed by atoms with Gasteiger partial charge in [0.05, 0.1) is 13.2 Å². The summed E-state index contributed by atoms with van der Waals surface area (Å²) in [5.41, 5.74) is 2.47. The fraction of sp³-hybridized carbons (Fsp3) is 0.375. The van der Waals surface area contributed by atoms with Gasteiger partial charge in [0, 0.05) is 24.8 Å². The van der Waals surface area contributed by atoms with Crippen LogP contribution in [0.5, 0.6) is 0 Å². The van der Waals surface area contributed by atoms with Crippen molar-refractivity contribution in [2.75, 3.05) is 31.6 Å². The number of rotatable bonds is 3. The molecule has 0 aromatic heterocycles. The van der Waals surface area contributed by atoms with Crippen molar-refractivity contribution in [2.24, 2.45) is 0 Å². The molecule has 1 aliphatic heterocycles. The number of fused-ring (bicyclic) bond motifs is 1. The Morgan fingerprint density at radius 2 is 2.05 bits per heavy atom. The summed E-state index contributed by atoms with van der Waals surface area (Å²) in [4.78, 5) is 0. The van der Waals surface area contributed by atoms with Crippen LogP contribution in [0.25, 0.3) is 10.8 Å². The van der Waals surface area contributed by atoms with Gasteiger partial charge in [-0.05, 0) is 29.8 Å². The highest BCUT2D eigenvalue weighted by atomic mass is 16.5. The number of nitrogens with one attached hydrogen (secondary N) is 2. The molecule has 1 aliphatic rings. The quantitative estimate of drug-likeness (QED) is 0.885. The summed E-state index contributed by atoms with van der Waals surface area (Å²) in [7, 11) is 0. The lowest BCUT2D eigenvalue weighted by Crippen LogP contribution is -2.45. The lowest BCUT2D eigenvalue weighted by Gasteiger charge is -2.24. The zero-order chi connectivity index (χ0) is 13.1. The van der Waals surface area contributed by atoms with Crippen molar-refractivity contribution >= 4 is 16.5 Å². The van der Waals surface area contributed by atoms with Gasteiger partial charge in [0.2, 0.25) is 0 Å². The molecule has 0 bridgehead atoms. The van der Waals surface area contributed by atoms with E-state index in [1.165, 1.54) is 22.0 Å². The van der Waals surface area contributed by atoms with Crippen LogP contribution in [0.15, 0.2) is 36.4 Å². The smallest absolute Gasteiger partial charge is 0.0637 e. The van der Waals surface area contributed by atoms with Crippen LogP contribution in [-0.2, 0) is 4.74 Å². The highest BCUT2D eigenvalue weighted by Gasteiger charge is 2.12. The largest absolute Gasteiger partial charge is 0.383 e. The van der Waals surface area contributed by atoms with Crippen molar-refractivity contribution in [3.8, 4) is 0 Å². The average Bonchev–Trinajstić information content (AvgIpc) is 2.46. The number of benzene rings is 2. The SMILES string of the molecule is Cc1ccc2cc(NCC3COCCN3)ccc2c1. The van der Waals surface area contributed by atoms with Crippen molar-refractivity contribution in [1.82, 2.24) is 5.32 Å². The minimum atomic E-state index is 0.405. The highest BCUT2D eigenvalue weighted by molar-refractivity contribution is 5.86. The minimum absolute atomic E-state index is 0.405. The summed E-state index contributed by atoms with van der Waals surface area (Å²) < 4.78 is 5.45. The number of aryl methyl sites for hydroxylation is 1. The Labute approximate surface area is 114 Å². The number of ether oxygens (including phenoxy) is 1. The molecule has 1 fully saturated rings. The fourth-order valence-electron chi connectivity index (χ4n) is 2.47. The van der Waals surface area contributed by atoms with Crippen LogP contribution in [0.2, 0.25) is 0 Å². The maximum absolute atomic E-state index is 5.45. The van der Waals surface area contributed by atoms with Crippen molar-refractivity contribution in [3.63, 3.8) is 0 Å². The third kappa shape index (κ3) is 3.06. The van der Waals surface area contributed by atoms with Crippen molar-refractivity contribution in [2.45, 2.75) is 13.0 Å². The molecular formula is C16H20N2O. The van der Waals surface area contributed by atoms with E-state index in [0.29, 0.717) is 6.04 Å². The second kappa shape index (κ2) is 5.59. The van der Waals surface area contributed by atoms with E-state index in [9.17, 15) is 0 Å². The predicted octanol–water partition coefficient (Wildman–Crippen LogP) is 2.55. The molecule has 3 heteroatoms. The van der Waals surface area contributed by atoms with Crippen LogP contribution < -0.4 is 10.6 Å². The second-order valence-electron chi connectivity index (χ2n) is 5.17. The summed E-state index contributed by atoms with van der Waals surface area (Å²) in [5.74, 6) is 0. The first-order chi connectivity index (χ1) is 9.31. The lowest BCUT2D eigenvalue weighted by molar-refractivity contribution is 0.0806. The first-order valence-electron chi connectivity index (χ1n) is 6.87. The summed E-state index contributed by atoms with van der Waals surface area (Å²) >= 11 is 0. The maximum atomic E-state index is 5.45. The van der Waals surface area contributed by atoms with Gasteiger partial charge >= 0.3 is 0 Å². The van der Waals surface area contributed by atoms with Gasteiger partial charge in [0.15, 0.2) is 0 Å². The number of hydrogen-bond acceptors (Lipinski definition) is 3. The van der Waals surface area contributed by atoms with Gasteiger partial charge in [-0.2, -0.15) is 0 Å². The second-order valence-corrected chi connectivity index (χ2v) is 5.17. The molecule has 0 radical (unpaired) electrons. The Morgan fingerprint density at radius 1 is 1.21 bits per heavy atom. The van der Waals surface area contributed by atoms with Crippen LogP contribution in [0.3, 0.4) is 0 Å². The van der Waals surface area contributed by atoms with E-state index in [2.05, 4.69) is 54.0 Å². The van der Waals surface area contributed by atoms with Gasteiger partial charge in [0.25, 0.3) is 0 Å². The number of anilines is 1. The van der Waals surface area contributed by atoms with E-state index in [4.69, 9.17) is 4.74 Å². The molecule has 3 nitrogen and oxygen atoms in total. The minimum Gasteiger partial charge on any atom is -0.383 e. The Bertz CT molecular complexity index is 562. The van der Waals surface area contributed by atoms with Gasteiger partial charge in [0.1, 0.15) is 0 Å². The molecule has 1 unspecified atom stereocenters. The van der Waals surface area contributed by atoms with Crippen molar-refractivity contribution in [1.29, 1.82) is 0 Å². The predicted molar refractivity (Wildman–Crippen MR) is 79.8 cm³/mol. The molecule has 100 valence electrons. The van der Waals surface area contributed by atoms with Crippen LogP contribution >= 0.6 is 0 Å². The molecular weight excluding hydrogens is 236 g/mol. The molecule has 2 N–H and O–H groups in total. The lowest BCUT2D eigenvalue weighted by atomic mass is 10.1. The van der Waals surface area contributed by atoms with E-state index in [1.54, 1.807) is 0 Å². The van der Waals surface area contributed by atoms with E-state index in [1.807, 2.05) is 0 Å². The normalized spacial score (nSPS) is 19.5. The zero-order valence-corrected chi connectivity index (χ0v) is 11.3. The third-order valence-corrected chi connectivity index (χ3v) is 3.55. The summed E-state index contributed by atoms with van der Waals surface area (Å²) in [6.45, 7) is 5.59. The topological polar surface area (TPSA) is 33.3 Å². The van der Waals surface area contributed by atoms with Crippen LogP contribution in [0.1, 0.15) is 5.56 Å².